The molecule has 2 aromatic heterocycles. The fourth-order valence-electron chi connectivity index (χ4n) is 1.16. The topological polar surface area (TPSA) is 89.9 Å². The van der Waals surface area contributed by atoms with Crippen LogP contribution < -0.4 is 11.1 Å². The Hall–Kier alpha value is -1.63. The van der Waals surface area contributed by atoms with Gasteiger partial charge in [-0.2, -0.15) is 4.98 Å². The lowest BCUT2D eigenvalue weighted by Crippen LogP contribution is -2.04. The molecule has 0 aromatic carbocycles. The molecule has 7 heteroatoms. The fraction of sp³-hybridized carbons (Fsp3) is 0.222. The zero-order chi connectivity index (χ0) is 11.5. The van der Waals surface area contributed by atoms with Crippen LogP contribution in [0.1, 0.15) is 11.7 Å². The highest BCUT2D eigenvalue weighted by atomic mass is 79.9. The largest absolute Gasteiger partial charge is 0.397 e. The number of hydrogen-bond acceptors (Lipinski definition) is 6. The summed E-state index contributed by atoms with van der Waals surface area (Å²) < 4.78 is 5.65. The molecule has 2 heterocycles. The standard InChI is InChI=1S/C9H10BrN5O/c1-5-14-8(15-16-5)4-13-9-7(10)2-6(11)3-12-9/h2-3H,4,11H2,1H3,(H,12,13). The monoisotopic (exact) mass is 283 g/mol. The van der Waals surface area contributed by atoms with Gasteiger partial charge in [-0.25, -0.2) is 4.98 Å². The van der Waals surface area contributed by atoms with Crippen molar-refractivity contribution < 1.29 is 4.52 Å². The van der Waals surface area contributed by atoms with Gasteiger partial charge in [0.1, 0.15) is 5.82 Å². The first kappa shape index (κ1) is 10.9. The Labute approximate surface area is 100 Å². The first-order chi connectivity index (χ1) is 7.65. The van der Waals surface area contributed by atoms with Crippen LogP contribution in [0.5, 0.6) is 0 Å². The highest BCUT2D eigenvalue weighted by Gasteiger charge is 2.05. The van der Waals surface area contributed by atoms with Gasteiger partial charge in [0, 0.05) is 6.92 Å². The maximum atomic E-state index is 5.58. The summed E-state index contributed by atoms with van der Waals surface area (Å²) in [6.07, 6.45) is 1.58. The molecule has 16 heavy (non-hydrogen) atoms. The van der Waals surface area contributed by atoms with Crippen molar-refractivity contribution in [1.29, 1.82) is 0 Å². The van der Waals surface area contributed by atoms with E-state index < -0.39 is 0 Å². The summed E-state index contributed by atoms with van der Waals surface area (Å²) in [4.78, 5) is 8.20. The van der Waals surface area contributed by atoms with E-state index in [1.165, 1.54) is 0 Å². The number of aryl methyl sites for hydroxylation is 1. The van der Waals surface area contributed by atoms with Crippen LogP contribution in [0.15, 0.2) is 21.3 Å². The molecule has 0 radical (unpaired) electrons. The minimum Gasteiger partial charge on any atom is -0.397 e. The zero-order valence-electron chi connectivity index (χ0n) is 8.57. The lowest BCUT2D eigenvalue weighted by molar-refractivity contribution is 0.388. The number of halogens is 1. The minimum absolute atomic E-state index is 0.451. The van der Waals surface area contributed by atoms with E-state index in [0.717, 1.165) is 4.47 Å². The Kier molecular flexibility index (Phi) is 3.04. The molecule has 0 aliphatic heterocycles. The number of nitrogens with two attached hydrogens (primary N) is 1. The van der Waals surface area contributed by atoms with Gasteiger partial charge in [-0.05, 0) is 22.0 Å². The third-order valence-corrected chi connectivity index (χ3v) is 2.45. The van der Waals surface area contributed by atoms with E-state index in [0.29, 0.717) is 29.8 Å². The summed E-state index contributed by atoms with van der Waals surface area (Å²) in [5.74, 6) is 1.82. The van der Waals surface area contributed by atoms with Crippen molar-refractivity contribution in [3.8, 4) is 0 Å². The van der Waals surface area contributed by atoms with Crippen molar-refractivity contribution in [2.45, 2.75) is 13.5 Å². The highest BCUT2D eigenvalue weighted by Crippen LogP contribution is 2.21. The van der Waals surface area contributed by atoms with Crippen molar-refractivity contribution in [2.75, 3.05) is 11.1 Å². The van der Waals surface area contributed by atoms with Crippen LogP contribution in [-0.2, 0) is 6.54 Å². The third-order valence-electron chi connectivity index (χ3n) is 1.85. The second-order valence-electron chi connectivity index (χ2n) is 3.18. The van der Waals surface area contributed by atoms with Crippen molar-refractivity contribution in [3.05, 3.63) is 28.5 Å². The van der Waals surface area contributed by atoms with Gasteiger partial charge < -0.3 is 15.6 Å². The minimum atomic E-state index is 0.451. The Balaban J connectivity index is 2.04. The lowest BCUT2D eigenvalue weighted by atomic mass is 10.4. The van der Waals surface area contributed by atoms with E-state index in [4.69, 9.17) is 10.3 Å². The summed E-state index contributed by atoms with van der Waals surface area (Å²) in [5, 5.41) is 6.83. The van der Waals surface area contributed by atoms with E-state index >= 15 is 0 Å². The maximum Gasteiger partial charge on any atom is 0.223 e. The van der Waals surface area contributed by atoms with Gasteiger partial charge in [0.25, 0.3) is 0 Å². The van der Waals surface area contributed by atoms with Crippen LogP contribution in [0.4, 0.5) is 11.5 Å². The molecule has 0 aliphatic carbocycles. The summed E-state index contributed by atoms with van der Waals surface area (Å²) in [5.41, 5.74) is 6.18. The molecule has 0 atom stereocenters. The van der Waals surface area contributed by atoms with Crippen LogP contribution >= 0.6 is 15.9 Å². The van der Waals surface area contributed by atoms with Crippen molar-refractivity contribution in [2.24, 2.45) is 0 Å². The van der Waals surface area contributed by atoms with Gasteiger partial charge in [0.15, 0.2) is 5.82 Å². The Morgan fingerprint density at radius 3 is 3.00 bits per heavy atom. The summed E-state index contributed by atoms with van der Waals surface area (Å²) >= 11 is 3.36. The van der Waals surface area contributed by atoms with E-state index in [2.05, 4.69) is 36.4 Å². The Morgan fingerprint density at radius 1 is 1.56 bits per heavy atom. The summed E-state index contributed by atoms with van der Waals surface area (Å²) in [7, 11) is 0. The zero-order valence-corrected chi connectivity index (χ0v) is 10.2. The Morgan fingerprint density at radius 2 is 2.38 bits per heavy atom. The van der Waals surface area contributed by atoms with Crippen molar-refractivity contribution in [1.82, 2.24) is 15.1 Å². The quantitative estimate of drug-likeness (QED) is 0.892. The first-order valence-corrected chi connectivity index (χ1v) is 5.38. The average Bonchev–Trinajstić information content (AvgIpc) is 2.63. The van der Waals surface area contributed by atoms with Crippen LogP contribution in [0, 0.1) is 6.92 Å². The number of nitrogens with one attached hydrogen (secondary N) is 1. The van der Waals surface area contributed by atoms with E-state index in [-0.39, 0.29) is 0 Å². The summed E-state index contributed by atoms with van der Waals surface area (Å²) in [6, 6.07) is 1.77. The molecule has 0 aliphatic rings. The van der Waals surface area contributed by atoms with Gasteiger partial charge in [0.05, 0.1) is 22.9 Å². The average molecular weight is 284 g/mol. The van der Waals surface area contributed by atoms with Gasteiger partial charge in [-0.15, -0.1) is 0 Å². The summed E-state index contributed by atoms with van der Waals surface area (Å²) in [6.45, 7) is 2.20. The van der Waals surface area contributed by atoms with E-state index in [1.807, 2.05) is 0 Å². The predicted molar refractivity (Wildman–Crippen MR) is 62.7 cm³/mol. The van der Waals surface area contributed by atoms with Gasteiger partial charge in [0.2, 0.25) is 5.89 Å². The maximum absolute atomic E-state index is 5.58. The molecule has 0 fully saturated rings. The lowest BCUT2D eigenvalue weighted by Gasteiger charge is -2.05. The van der Waals surface area contributed by atoms with Crippen LogP contribution in [0.3, 0.4) is 0 Å². The molecule has 6 nitrogen and oxygen atoms in total. The third kappa shape index (κ3) is 2.48. The second-order valence-corrected chi connectivity index (χ2v) is 4.04. The van der Waals surface area contributed by atoms with E-state index in [1.54, 1.807) is 19.2 Å². The molecule has 0 spiro atoms. The molecule has 0 bridgehead atoms. The van der Waals surface area contributed by atoms with E-state index in [9.17, 15) is 0 Å². The molecule has 0 unspecified atom stereocenters. The number of pyridine rings is 1. The molecule has 84 valence electrons. The Bertz CT molecular complexity index is 498. The van der Waals surface area contributed by atoms with Crippen LogP contribution in [0.25, 0.3) is 0 Å². The SMILES string of the molecule is Cc1nc(CNc2ncc(N)cc2Br)no1. The number of rotatable bonds is 3. The smallest absolute Gasteiger partial charge is 0.223 e. The molecule has 0 saturated heterocycles. The molecular weight excluding hydrogens is 274 g/mol. The number of nitrogens with zero attached hydrogens (tertiary/aromatic N) is 3. The van der Waals surface area contributed by atoms with Crippen molar-refractivity contribution >= 4 is 27.4 Å². The molecule has 0 saturated carbocycles. The first-order valence-electron chi connectivity index (χ1n) is 4.59. The molecule has 2 rings (SSSR count). The van der Waals surface area contributed by atoms with Crippen molar-refractivity contribution in [3.63, 3.8) is 0 Å². The molecular formula is C9H10BrN5O. The number of anilines is 2. The number of hydrogen-bond donors (Lipinski definition) is 2. The number of aromatic nitrogens is 3. The molecule has 2 aromatic rings. The highest BCUT2D eigenvalue weighted by molar-refractivity contribution is 9.10. The van der Waals surface area contributed by atoms with Gasteiger partial charge in [-0.1, -0.05) is 5.16 Å². The van der Waals surface area contributed by atoms with Crippen LogP contribution in [0.2, 0.25) is 0 Å². The second kappa shape index (κ2) is 4.48. The molecule has 0 amide bonds. The van der Waals surface area contributed by atoms with Gasteiger partial charge >= 0.3 is 0 Å². The fourth-order valence-corrected chi connectivity index (χ4v) is 1.67. The normalized spacial score (nSPS) is 10.4. The van der Waals surface area contributed by atoms with Gasteiger partial charge in [-0.3, -0.25) is 0 Å². The molecule has 3 N–H and O–H groups in total. The van der Waals surface area contributed by atoms with Crippen LogP contribution in [-0.4, -0.2) is 15.1 Å². The number of nitrogen functional groups attached to an aromatic ring is 1. The predicted octanol–water partition coefficient (Wildman–Crippen LogP) is 1.73.